The summed E-state index contributed by atoms with van der Waals surface area (Å²) < 4.78 is 18.6. The van der Waals surface area contributed by atoms with Crippen molar-refractivity contribution in [2.24, 2.45) is 0 Å². The first-order valence-electron chi connectivity index (χ1n) is 9.08. The molecule has 0 bridgehead atoms. The van der Waals surface area contributed by atoms with Crippen LogP contribution in [-0.4, -0.2) is 55.0 Å². The number of carbonyl (C=O) groups is 1. The number of nitrogens with zero attached hydrogens (tertiary/aromatic N) is 2. The lowest BCUT2D eigenvalue weighted by Gasteiger charge is -2.22. The Morgan fingerprint density at radius 2 is 1.88 bits per heavy atom. The van der Waals surface area contributed by atoms with Crippen LogP contribution in [0.25, 0.3) is 0 Å². The number of rotatable bonds is 5. The van der Waals surface area contributed by atoms with Gasteiger partial charge in [-0.25, -0.2) is 4.39 Å². The molecule has 5 heteroatoms. The van der Waals surface area contributed by atoms with Gasteiger partial charge in [-0.05, 0) is 49.7 Å². The van der Waals surface area contributed by atoms with Crippen molar-refractivity contribution in [3.8, 4) is 5.75 Å². The number of ether oxygens (including phenoxy) is 1. The molecule has 3 rings (SSSR count). The van der Waals surface area contributed by atoms with Gasteiger partial charge in [0.25, 0.3) is 5.91 Å². The Balaban J connectivity index is 1.47. The highest BCUT2D eigenvalue weighted by Gasteiger charge is 2.20. The highest BCUT2D eigenvalue weighted by molar-refractivity contribution is 5.94. The monoisotopic (exact) mass is 356 g/mol. The molecule has 1 aliphatic rings. The smallest absolute Gasteiger partial charge is 0.253 e. The van der Waals surface area contributed by atoms with E-state index in [1.165, 1.54) is 12.1 Å². The molecule has 0 aliphatic carbocycles. The van der Waals surface area contributed by atoms with Crippen molar-refractivity contribution < 1.29 is 13.9 Å². The Morgan fingerprint density at radius 1 is 1.08 bits per heavy atom. The van der Waals surface area contributed by atoms with E-state index < -0.39 is 0 Å². The van der Waals surface area contributed by atoms with E-state index in [0.717, 1.165) is 50.3 Å². The van der Waals surface area contributed by atoms with Crippen LogP contribution >= 0.6 is 0 Å². The van der Waals surface area contributed by atoms with Crippen molar-refractivity contribution in [3.05, 3.63) is 65.5 Å². The molecule has 2 aromatic carbocycles. The largest absolute Gasteiger partial charge is 0.492 e. The second-order valence-corrected chi connectivity index (χ2v) is 6.66. The van der Waals surface area contributed by atoms with Gasteiger partial charge in [0.05, 0.1) is 0 Å². The SMILES string of the molecule is Cc1cccc(C(=O)N2CCCN(CCOc3ccc(F)cc3)CC2)c1. The maximum atomic E-state index is 12.9. The third-order valence-corrected chi connectivity index (χ3v) is 4.63. The zero-order chi connectivity index (χ0) is 18.4. The van der Waals surface area contributed by atoms with Gasteiger partial charge in [0.15, 0.2) is 0 Å². The van der Waals surface area contributed by atoms with Gasteiger partial charge in [-0.3, -0.25) is 9.69 Å². The van der Waals surface area contributed by atoms with Gasteiger partial charge in [0.2, 0.25) is 0 Å². The lowest BCUT2D eigenvalue weighted by molar-refractivity contribution is 0.0760. The Bertz CT molecular complexity index is 733. The minimum Gasteiger partial charge on any atom is -0.492 e. The van der Waals surface area contributed by atoms with Gasteiger partial charge in [-0.15, -0.1) is 0 Å². The summed E-state index contributed by atoms with van der Waals surface area (Å²) in [5.74, 6) is 0.527. The topological polar surface area (TPSA) is 32.8 Å². The molecular formula is C21H25FN2O2. The molecule has 1 amide bonds. The molecule has 1 aliphatic heterocycles. The fourth-order valence-corrected chi connectivity index (χ4v) is 3.18. The van der Waals surface area contributed by atoms with Crippen molar-refractivity contribution in [1.82, 2.24) is 9.80 Å². The number of amides is 1. The maximum absolute atomic E-state index is 12.9. The van der Waals surface area contributed by atoms with E-state index in [9.17, 15) is 9.18 Å². The van der Waals surface area contributed by atoms with Crippen molar-refractivity contribution in [3.63, 3.8) is 0 Å². The van der Waals surface area contributed by atoms with Crippen LogP contribution in [0.3, 0.4) is 0 Å². The quantitative estimate of drug-likeness (QED) is 0.824. The van der Waals surface area contributed by atoms with Crippen LogP contribution in [-0.2, 0) is 0 Å². The lowest BCUT2D eigenvalue weighted by atomic mass is 10.1. The number of carbonyl (C=O) groups excluding carboxylic acids is 1. The van der Waals surface area contributed by atoms with Gasteiger partial charge in [0.1, 0.15) is 18.2 Å². The Morgan fingerprint density at radius 3 is 2.65 bits per heavy atom. The molecule has 1 saturated heterocycles. The van der Waals surface area contributed by atoms with Crippen LogP contribution < -0.4 is 4.74 Å². The van der Waals surface area contributed by atoms with Gasteiger partial charge in [0, 0.05) is 38.3 Å². The second kappa shape index (κ2) is 8.81. The number of aryl methyl sites for hydroxylation is 1. The molecule has 138 valence electrons. The number of hydrogen-bond donors (Lipinski definition) is 0. The van der Waals surface area contributed by atoms with E-state index in [-0.39, 0.29) is 11.7 Å². The van der Waals surface area contributed by atoms with E-state index in [0.29, 0.717) is 12.4 Å². The molecule has 0 N–H and O–H groups in total. The first kappa shape index (κ1) is 18.4. The predicted molar refractivity (Wildman–Crippen MR) is 100 cm³/mol. The number of hydrogen-bond acceptors (Lipinski definition) is 3. The van der Waals surface area contributed by atoms with Crippen LogP contribution in [0.15, 0.2) is 48.5 Å². The zero-order valence-corrected chi connectivity index (χ0v) is 15.2. The summed E-state index contributed by atoms with van der Waals surface area (Å²) in [6.45, 7) is 6.64. The van der Waals surface area contributed by atoms with Crippen molar-refractivity contribution in [2.75, 3.05) is 39.3 Å². The summed E-state index contributed by atoms with van der Waals surface area (Å²) >= 11 is 0. The maximum Gasteiger partial charge on any atom is 0.253 e. The number of halogens is 1. The molecule has 0 unspecified atom stereocenters. The normalized spacial score (nSPS) is 15.5. The molecule has 26 heavy (non-hydrogen) atoms. The Labute approximate surface area is 154 Å². The lowest BCUT2D eigenvalue weighted by Crippen LogP contribution is -2.36. The minimum atomic E-state index is -0.261. The fourth-order valence-electron chi connectivity index (χ4n) is 3.18. The fraction of sp³-hybridized carbons (Fsp3) is 0.381. The van der Waals surface area contributed by atoms with Crippen LogP contribution in [0, 0.1) is 12.7 Å². The molecule has 1 heterocycles. The molecule has 0 atom stereocenters. The number of benzene rings is 2. The molecule has 0 saturated carbocycles. The van der Waals surface area contributed by atoms with Crippen molar-refractivity contribution in [1.29, 1.82) is 0 Å². The van der Waals surface area contributed by atoms with Gasteiger partial charge in [-0.1, -0.05) is 17.7 Å². The van der Waals surface area contributed by atoms with Gasteiger partial charge >= 0.3 is 0 Å². The predicted octanol–water partition coefficient (Wildman–Crippen LogP) is 3.36. The zero-order valence-electron chi connectivity index (χ0n) is 15.2. The van der Waals surface area contributed by atoms with E-state index in [1.54, 1.807) is 12.1 Å². The van der Waals surface area contributed by atoms with Crippen LogP contribution in [0.1, 0.15) is 22.3 Å². The molecule has 4 nitrogen and oxygen atoms in total. The molecule has 1 fully saturated rings. The molecule has 0 spiro atoms. The van der Waals surface area contributed by atoms with E-state index in [2.05, 4.69) is 4.90 Å². The van der Waals surface area contributed by atoms with E-state index in [4.69, 9.17) is 4.74 Å². The molecular weight excluding hydrogens is 331 g/mol. The average molecular weight is 356 g/mol. The van der Waals surface area contributed by atoms with Gasteiger partial charge in [-0.2, -0.15) is 0 Å². The third-order valence-electron chi connectivity index (χ3n) is 4.63. The first-order valence-corrected chi connectivity index (χ1v) is 9.08. The second-order valence-electron chi connectivity index (χ2n) is 6.66. The van der Waals surface area contributed by atoms with E-state index >= 15 is 0 Å². The molecule has 0 radical (unpaired) electrons. The van der Waals surface area contributed by atoms with E-state index in [1.807, 2.05) is 36.1 Å². The Hall–Kier alpha value is -2.40. The standard InChI is InChI=1S/C21H25FN2O2/c1-17-4-2-5-18(16-17)21(25)24-11-3-10-23(12-13-24)14-15-26-20-8-6-19(22)7-9-20/h2,4-9,16H,3,10-15H2,1H3. The van der Waals surface area contributed by atoms with Crippen molar-refractivity contribution in [2.45, 2.75) is 13.3 Å². The summed E-state index contributed by atoms with van der Waals surface area (Å²) in [6, 6.07) is 13.8. The minimum absolute atomic E-state index is 0.109. The Kier molecular flexibility index (Phi) is 6.23. The van der Waals surface area contributed by atoms with Gasteiger partial charge < -0.3 is 9.64 Å². The highest BCUT2D eigenvalue weighted by Crippen LogP contribution is 2.13. The van der Waals surface area contributed by atoms with Crippen molar-refractivity contribution >= 4 is 5.91 Å². The summed E-state index contributed by atoms with van der Waals surface area (Å²) in [6.07, 6.45) is 0.952. The summed E-state index contributed by atoms with van der Waals surface area (Å²) in [5.41, 5.74) is 1.86. The highest BCUT2D eigenvalue weighted by atomic mass is 19.1. The van der Waals surface area contributed by atoms with Crippen LogP contribution in [0.5, 0.6) is 5.75 Å². The van der Waals surface area contributed by atoms with Crippen LogP contribution in [0.2, 0.25) is 0 Å². The molecule has 2 aromatic rings. The summed E-state index contributed by atoms with van der Waals surface area (Å²) in [7, 11) is 0. The third kappa shape index (κ3) is 5.05. The summed E-state index contributed by atoms with van der Waals surface area (Å²) in [4.78, 5) is 16.9. The summed E-state index contributed by atoms with van der Waals surface area (Å²) in [5, 5.41) is 0. The molecule has 0 aromatic heterocycles. The average Bonchev–Trinajstić information content (AvgIpc) is 2.88. The first-order chi connectivity index (χ1) is 12.6. The van der Waals surface area contributed by atoms with Crippen LogP contribution in [0.4, 0.5) is 4.39 Å².